The van der Waals surface area contributed by atoms with E-state index in [0.717, 1.165) is 13.1 Å². The molecular formula is C8H19N3O2S. The highest BCUT2D eigenvalue weighted by atomic mass is 32.2. The maximum atomic E-state index is 11.6. The summed E-state index contributed by atoms with van der Waals surface area (Å²) >= 11 is 0. The summed E-state index contributed by atoms with van der Waals surface area (Å²) < 4.78 is 23.1. The molecule has 1 heterocycles. The van der Waals surface area contributed by atoms with Crippen molar-refractivity contribution in [2.75, 3.05) is 40.0 Å². The minimum atomic E-state index is -3.04. The molecule has 1 aliphatic heterocycles. The third kappa shape index (κ3) is 2.91. The van der Waals surface area contributed by atoms with Crippen LogP contribution in [-0.4, -0.2) is 64.7 Å². The molecule has 0 aromatic carbocycles. The number of nitrogens with zero attached hydrogens (tertiary/aromatic N) is 1. The fraction of sp³-hybridized carbons (Fsp3) is 1.00. The topological polar surface area (TPSA) is 61.4 Å². The van der Waals surface area contributed by atoms with Gasteiger partial charge in [-0.05, 0) is 14.1 Å². The Morgan fingerprint density at radius 1 is 1.36 bits per heavy atom. The van der Waals surface area contributed by atoms with Crippen molar-refractivity contribution in [3.63, 3.8) is 0 Å². The maximum absolute atomic E-state index is 11.6. The number of sulfone groups is 1. The first kappa shape index (κ1) is 11.9. The number of likely N-dealkylation sites (N-methyl/N-ethyl adjacent to an activating group) is 1. The van der Waals surface area contributed by atoms with Gasteiger partial charge in [-0.15, -0.1) is 0 Å². The fourth-order valence-corrected chi connectivity index (χ4v) is 3.47. The van der Waals surface area contributed by atoms with Crippen molar-refractivity contribution in [3.8, 4) is 0 Å². The van der Waals surface area contributed by atoms with E-state index in [1.807, 2.05) is 0 Å². The van der Waals surface area contributed by atoms with Crippen molar-refractivity contribution in [2.24, 2.45) is 0 Å². The Kier molecular flexibility index (Phi) is 3.88. The average Bonchev–Trinajstić information content (AvgIpc) is 2.02. The highest BCUT2D eigenvalue weighted by molar-refractivity contribution is 7.91. The number of rotatable bonds is 3. The van der Waals surface area contributed by atoms with E-state index in [1.54, 1.807) is 19.0 Å². The normalized spacial score (nSPS) is 26.4. The van der Waals surface area contributed by atoms with Crippen molar-refractivity contribution in [2.45, 2.75) is 11.4 Å². The van der Waals surface area contributed by atoms with Gasteiger partial charge in [0.1, 0.15) is 5.37 Å². The van der Waals surface area contributed by atoms with Gasteiger partial charge in [-0.25, -0.2) is 8.42 Å². The Morgan fingerprint density at radius 2 is 2.00 bits per heavy atom. The second-order valence-electron chi connectivity index (χ2n) is 3.95. The molecule has 0 aromatic heterocycles. The smallest absolute Gasteiger partial charge is 0.165 e. The van der Waals surface area contributed by atoms with Crippen molar-refractivity contribution in [1.29, 1.82) is 0 Å². The third-order valence-corrected chi connectivity index (χ3v) is 3.99. The van der Waals surface area contributed by atoms with Gasteiger partial charge in [-0.1, -0.05) is 0 Å². The molecule has 14 heavy (non-hydrogen) atoms. The van der Waals surface area contributed by atoms with Crippen molar-refractivity contribution < 1.29 is 8.42 Å². The zero-order chi connectivity index (χ0) is 10.8. The van der Waals surface area contributed by atoms with E-state index < -0.39 is 15.2 Å². The molecule has 0 spiro atoms. The zero-order valence-corrected chi connectivity index (χ0v) is 9.76. The van der Waals surface area contributed by atoms with Gasteiger partial charge in [0.2, 0.25) is 0 Å². The number of nitrogens with one attached hydrogen (secondary N) is 2. The van der Waals surface area contributed by atoms with E-state index in [9.17, 15) is 8.42 Å². The third-order valence-electron chi connectivity index (χ3n) is 2.36. The maximum Gasteiger partial charge on any atom is 0.165 e. The summed E-state index contributed by atoms with van der Waals surface area (Å²) in [7, 11) is 0.547. The second-order valence-corrected chi connectivity index (χ2v) is 6.09. The molecular weight excluding hydrogens is 202 g/mol. The molecule has 84 valence electrons. The monoisotopic (exact) mass is 221 g/mol. The predicted molar refractivity (Wildman–Crippen MR) is 57.0 cm³/mol. The van der Waals surface area contributed by atoms with Gasteiger partial charge in [-0.3, -0.25) is 4.90 Å². The lowest BCUT2D eigenvalue weighted by Crippen LogP contribution is -2.59. The summed E-state index contributed by atoms with van der Waals surface area (Å²) in [6, 6.07) is -0.0197. The molecule has 1 rings (SSSR count). The first-order valence-corrected chi connectivity index (χ1v) is 6.68. The highest BCUT2D eigenvalue weighted by Gasteiger charge is 2.32. The molecule has 5 nitrogen and oxygen atoms in total. The van der Waals surface area contributed by atoms with E-state index in [1.165, 1.54) is 6.26 Å². The summed E-state index contributed by atoms with van der Waals surface area (Å²) in [6.07, 6.45) is 1.29. The summed E-state index contributed by atoms with van der Waals surface area (Å²) in [5, 5.41) is 5.96. The number of hydrogen-bond acceptors (Lipinski definition) is 5. The number of hydrogen-bond donors (Lipinski definition) is 2. The Labute approximate surface area is 85.8 Å². The molecule has 0 aliphatic carbocycles. The minimum absolute atomic E-state index is 0.0197. The van der Waals surface area contributed by atoms with Crippen LogP contribution >= 0.6 is 0 Å². The molecule has 0 bridgehead atoms. The van der Waals surface area contributed by atoms with Crippen LogP contribution in [0.3, 0.4) is 0 Å². The van der Waals surface area contributed by atoms with Gasteiger partial charge in [-0.2, -0.15) is 0 Å². The largest absolute Gasteiger partial charge is 0.314 e. The zero-order valence-electron chi connectivity index (χ0n) is 8.95. The summed E-state index contributed by atoms with van der Waals surface area (Å²) in [4.78, 5) is 1.75. The van der Waals surface area contributed by atoms with Crippen LogP contribution in [0, 0.1) is 0 Å². The predicted octanol–water partition coefficient (Wildman–Crippen LogP) is -1.52. The van der Waals surface area contributed by atoms with Gasteiger partial charge in [0.15, 0.2) is 9.84 Å². The summed E-state index contributed by atoms with van der Waals surface area (Å²) in [5.74, 6) is 0. The Balaban J connectivity index is 2.76. The van der Waals surface area contributed by atoms with Crippen LogP contribution in [0.15, 0.2) is 0 Å². The molecule has 1 saturated heterocycles. The lowest BCUT2D eigenvalue weighted by atomic mass is 10.2. The quantitative estimate of drug-likeness (QED) is 0.606. The first-order valence-electron chi connectivity index (χ1n) is 4.72. The van der Waals surface area contributed by atoms with Gasteiger partial charge >= 0.3 is 0 Å². The molecule has 6 heteroatoms. The highest BCUT2D eigenvalue weighted by Crippen LogP contribution is 2.09. The van der Waals surface area contributed by atoms with Gasteiger partial charge in [0, 0.05) is 31.9 Å². The van der Waals surface area contributed by atoms with Gasteiger partial charge in [0.25, 0.3) is 0 Å². The molecule has 0 saturated carbocycles. The Bertz CT molecular complexity index is 270. The first-order chi connectivity index (χ1) is 6.43. The molecule has 1 aliphatic rings. The Hall–Kier alpha value is -0.170. The average molecular weight is 221 g/mol. The van der Waals surface area contributed by atoms with Gasteiger partial charge in [0.05, 0.1) is 0 Å². The second kappa shape index (κ2) is 4.57. The van der Waals surface area contributed by atoms with Crippen LogP contribution in [0.2, 0.25) is 0 Å². The van der Waals surface area contributed by atoms with E-state index in [2.05, 4.69) is 10.6 Å². The van der Waals surface area contributed by atoms with Crippen molar-refractivity contribution >= 4 is 9.84 Å². The van der Waals surface area contributed by atoms with Crippen LogP contribution in [0.1, 0.15) is 0 Å². The van der Waals surface area contributed by atoms with Crippen LogP contribution < -0.4 is 10.6 Å². The molecule has 0 amide bonds. The molecule has 2 unspecified atom stereocenters. The van der Waals surface area contributed by atoms with E-state index >= 15 is 0 Å². The molecule has 2 N–H and O–H groups in total. The van der Waals surface area contributed by atoms with Crippen LogP contribution in [0.25, 0.3) is 0 Å². The van der Waals surface area contributed by atoms with Crippen LogP contribution in [-0.2, 0) is 9.84 Å². The van der Waals surface area contributed by atoms with E-state index in [0.29, 0.717) is 6.54 Å². The molecule has 0 radical (unpaired) electrons. The summed E-state index contributed by atoms with van der Waals surface area (Å²) in [6.45, 7) is 2.43. The van der Waals surface area contributed by atoms with E-state index in [4.69, 9.17) is 0 Å². The Morgan fingerprint density at radius 3 is 2.36 bits per heavy atom. The summed E-state index contributed by atoms with van der Waals surface area (Å²) in [5.41, 5.74) is 0. The molecule has 2 atom stereocenters. The minimum Gasteiger partial charge on any atom is -0.314 e. The van der Waals surface area contributed by atoms with Crippen molar-refractivity contribution in [1.82, 2.24) is 15.5 Å². The lowest BCUT2D eigenvalue weighted by molar-refractivity contribution is 0.271. The van der Waals surface area contributed by atoms with Crippen molar-refractivity contribution in [3.05, 3.63) is 0 Å². The molecule has 1 fully saturated rings. The fourth-order valence-electron chi connectivity index (χ4n) is 1.92. The van der Waals surface area contributed by atoms with Crippen LogP contribution in [0.5, 0.6) is 0 Å². The molecule has 0 aromatic rings. The van der Waals surface area contributed by atoms with Crippen LogP contribution in [0.4, 0.5) is 0 Å². The standard InChI is InChI=1S/C8H19N3O2S/c1-11(2)8(14(3,12)13)7-6-9-4-5-10-7/h7-10H,4-6H2,1-3H3. The van der Waals surface area contributed by atoms with Gasteiger partial charge < -0.3 is 10.6 Å². The lowest BCUT2D eigenvalue weighted by Gasteiger charge is -2.34. The van der Waals surface area contributed by atoms with E-state index in [-0.39, 0.29) is 6.04 Å². The SMILES string of the molecule is CN(C)C(C1CNCCN1)S(C)(=O)=O. The number of piperazine rings is 1.